The number of benzene rings is 1. The first-order chi connectivity index (χ1) is 12.3. The summed E-state index contributed by atoms with van der Waals surface area (Å²) in [6, 6.07) is 2.91. The highest BCUT2D eigenvalue weighted by Gasteiger charge is 2.20. The van der Waals surface area contributed by atoms with Crippen molar-refractivity contribution in [2.75, 3.05) is 32.4 Å². The van der Waals surface area contributed by atoms with E-state index in [0.717, 1.165) is 0 Å². The number of ether oxygens (including phenoxy) is 3. The van der Waals surface area contributed by atoms with Crippen molar-refractivity contribution in [1.29, 1.82) is 0 Å². The van der Waals surface area contributed by atoms with Crippen molar-refractivity contribution in [2.45, 2.75) is 19.6 Å². The van der Waals surface area contributed by atoms with E-state index in [4.69, 9.17) is 9.47 Å². The van der Waals surface area contributed by atoms with Gasteiger partial charge in [-0.1, -0.05) is 0 Å². The van der Waals surface area contributed by atoms with Gasteiger partial charge in [-0.3, -0.25) is 4.99 Å². The maximum atomic E-state index is 12.6. The average Bonchev–Trinajstić information content (AvgIpc) is 2.99. The number of rotatable bonds is 8. The average molecular weight is 393 g/mol. The predicted octanol–water partition coefficient (Wildman–Crippen LogP) is 1.12. The van der Waals surface area contributed by atoms with Crippen LogP contribution in [-0.2, 0) is 16.4 Å². The van der Waals surface area contributed by atoms with E-state index in [0.29, 0.717) is 36.0 Å². The summed E-state index contributed by atoms with van der Waals surface area (Å²) in [5.74, 6) is 1.22. The molecule has 0 radical (unpaired) electrons. The van der Waals surface area contributed by atoms with E-state index in [9.17, 15) is 17.2 Å². The zero-order valence-corrected chi connectivity index (χ0v) is 15.2. The van der Waals surface area contributed by atoms with E-state index in [2.05, 4.69) is 20.4 Å². The van der Waals surface area contributed by atoms with E-state index < -0.39 is 16.4 Å². The lowest BCUT2D eigenvalue weighted by molar-refractivity contribution is -0.0505. The third kappa shape index (κ3) is 6.21. The summed E-state index contributed by atoms with van der Waals surface area (Å²) in [6.07, 6.45) is 1.59. The molecule has 2 N–H and O–H groups in total. The summed E-state index contributed by atoms with van der Waals surface area (Å²) < 4.78 is 62.4. The molecule has 1 aromatic carbocycles. The van der Waals surface area contributed by atoms with Gasteiger partial charge in [0, 0.05) is 38.0 Å². The zero-order valence-electron chi connectivity index (χ0n) is 14.4. The number of nitrogens with one attached hydrogen (secondary N) is 2. The first kappa shape index (κ1) is 20.0. The molecule has 1 heterocycles. The van der Waals surface area contributed by atoms with Gasteiger partial charge >= 0.3 is 6.61 Å². The molecule has 0 unspecified atom stereocenters. The molecule has 0 amide bonds. The lowest BCUT2D eigenvalue weighted by Gasteiger charge is -2.15. The van der Waals surface area contributed by atoms with Crippen LogP contribution < -0.4 is 24.8 Å². The maximum Gasteiger partial charge on any atom is 0.387 e. The summed E-state index contributed by atoms with van der Waals surface area (Å²) in [7, 11) is -1.48. The highest BCUT2D eigenvalue weighted by Crippen LogP contribution is 2.38. The van der Waals surface area contributed by atoms with Crippen LogP contribution in [0.2, 0.25) is 0 Å². The van der Waals surface area contributed by atoms with Crippen molar-refractivity contribution >= 4 is 15.8 Å². The number of alkyl halides is 2. The zero-order chi connectivity index (χ0) is 19.2. The van der Waals surface area contributed by atoms with Crippen molar-refractivity contribution in [3.05, 3.63) is 17.7 Å². The van der Waals surface area contributed by atoms with Gasteiger partial charge in [0.05, 0.1) is 5.75 Å². The van der Waals surface area contributed by atoms with Crippen molar-refractivity contribution in [3.63, 3.8) is 0 Å². The summed E-state index contributed by atoms with van der Waals surface area (Å²) in [4.78, 5) is 4.00. The minimum Gasteiger partial charge on any atom is -0.454 e. The van der Waals surface area contributed by atoms with Crippen LogP contribution in [0.15, 0.2) is 17.1 Å². The Morgan fingerprint density at radius 3 is 2.62 bits per heavy atom. The molecule has 0 spiro atoms. The molecule has 8 nitrogen and oxygen atoms in total. The van der Waals surface area contributed by atoms with Crippen molar-refractivity contribution < 1.29 is 31.4 Å². The fraction of sp³-hybridized carbons (Fsp3) is 0.533. The van der Waals surface area contributed by atoms with Crippen molar-refractivity contribution in [1.82, 2.24) is 10.6 Å². The molecule has 26 heavy (non-hydrogen) atoms. The summed E-state index contributed by atoms with van der Waals surface area (Å²) in [5, 5.41) is 5.91. The molecular formula is C15H21F2N3O5S. The third-order valence-electron chi connectivity index (χ3n) is 3.43. The van der Waals surface area contributed by atoms with Gasteiger partial charge in [0.15, 0.2) is 17.5 Å². The van der Waals surface area contributed by atoms with Crippen LogP contribution in [0.3, 0.4) is 0 Å². The molecule has 0 aromatic heterocycles. The van der Waals surface area contributed by atoms with Gasteiger partial charge in [-0.15, -0.1) is 0 Å². The molecule has 2 rings (SSSR count). The third-order valence-corrected chi connectivity index (χ3v) is 4.46. The number of nitrogens with zero attached hydrogens (tertiary/aromatic N) is 1. The lowest BCUT2D eigenvalue weighted by Crippen LogP contribution is -2.37. The first-order valence-electron chi connectivity index (χ1n) is 7.78. The van der Waals surface area contributed by atoms with Gasteiger partial charge < -0.3 is 24.8 Å². The van der Waals surface area contributed by atoms with Crippen molar-refractivity contribution in [2.24, 2.45) is 4.99 Å². The van der Waals surface area contributed by atoms with E-state index >= 15 is 0 Å². The highest BCUT2D eigenvalue weighted by molar-refractivity contribution is 7.90. The molecule has 0 saturated heterocycles. The van der Waals surface area contributed by atoms with Crippen molar-refractivity contribution in [3.8, 4) is 17.2 Å². The topological polar surface area (TPSA) is 98.3 Å². The Balaban J connectivity index is 1.96. The smallest absolute Gasteiger partial charge is 0.387 e. The summed E-state index contributed by atoms with van der Waals surface area (Å²) >= 11 is 0. The predicted molar refractivity (Wildman–Crippen MR) is 91.7 cm³/mol. The maximum absolute atomic E-state index is 12.6. The molecule has 0 fully saturated rings. The van der Waals surface area contributed by atoms with Crippen LogP contribution in [0, 0.1) is 0 Å². The molecule has 1 aliphatic heterocycles. The Morgan fingerprint density at radius 1 is 1.31 bits per heavy atom. The SMILES string of the molecule is CN=C(NCCCS(C)(=O)=O)NCc1cc2c(cc1OC(F)F)OCO2. The second kappa shape index (κ2) is 8.88. The number of hydrogen-bond donors (Lipinski definition) is 2. The molecule has 1 aromatic rings. The monoisotopic (exact) mass is 393 g/mol. The van der Waals surface area contributed by atoms with Gasteiger partial charge in [0.1, 0.15) is 15.6 Å². The summed E-state index contributed by atoms with van der Waals surface area (Å²) in [5.41, 5.74) is 0.439. The van der Waals surface area contributed by atoms with Crippen LogP contribution in [0.5, 0.6) is 17.2 Å². The lowest BCUT2D eigenvalue weighted by atomic mass is 10.1. The molecule has 11 heteroatoms. The Kier molecular flexibility index (Phi) is 6.83. The van der Waals surface area contributed by atoms with E-state index in [-0.39, 0.29) is 24.8 Å². The number of sulfone groups is 1. The van der Waals surface area contributed by atoms with Crippen LogP contribution in [0.25, 0.3) is 0 Å². The minimum absolute atomic E-state index is 0.0178. The Bertz CT molecular complexity index is 756. The number of fused-ring (bicyclic) bond motifs is 1. The molecule has 0 atom stereocenters. The molecule has 146 valence electrons. The van der Waals surface area contributed by atoms with Gasteiger partial charge in [0.25, 0.3) is 0 Å². The normalized spacial score (nSPS) is 13.8. The number of guanidine groups is 1. The van der Waals surface area contributed by atoms with E-state index in [1.54, 1.807) is 13.1 Å². The van der Waals surface area contributed by atoms with Crippen LogP contribution >= 0.6 is 0 Å². The fourth-order valence-electron chi connectivity index (χ4n) is 2.25. The molecule has 0 saturated carbocycles. The van der Waals surface area contributed by atoms with E-state index in [1.165, 1.54) is 12.3 Å². The van der Waals surface area contributed by atoms with Crippen LogP contribution in [0.1, 0.15) is 12.0 Å². The van der Waals surface area contributed by atoms with Gasteiger partial charge in [-0.2, -0.15) is 8.78 Å². The fourth-order valence-corrected chi connectivity index (χ4v) is 2.92. The van der Waals surface area contributed by atoms with E-state index in [1.807, 2.05) is 0 Å². The second-order valence-electron chi connectivity index (χ2n) is 5.53. The first-order valence-corrected chi connectivity index (χ1v) is 9.84. The van der Waals surface area contributed by atoms with Gasteiger partial charge in [-0.25, -0.2) is 8.42 Å². The largest absolute Gasteiger partial charge is 0.454 e. The van der Waals surface area contributed by atoms with Crippen LogP contribution in [0.4, 0.5) is 8.78 Å². The molecule has 0 aliphatic carbocycles. The van der Waals surface area contributed by atoms with Crippen LogP contribution in [-0.4, -0.2) is 53.4 Å². The van der Waals surface area contributed by atoms with Gasteiger partial charge in [-0.05, 0) is 12.5 Å². The number of halogens is 2. The molecule has 0 bridgehead atoms. The molecular weight excluding hydrogens is 372 g/mol. The Labute approximate surface area is 150 Å². The summed E-state index contributed by atoms with van der Waals surface area (Å²) in [6.45, 7) is -2.41. The Morgan fingerprint density at radius 2 is 2.00 bits per heavy atom. The standard InChI is InChI=1S/C15H21F2N3O5S/c1-18-15(19-4-3-5-26(2,21)22)20-8-10-6-12-13(24-9-23-12)7-11(10)25-14(16)17/h6-7,14H,3-5,8-9H2,1-2H3,(H2,18,19,20). The second-order valence-corrected chi connectivity index (χ2v) is 7.79. The highest BCUT2D eigenvalue weighted by atomic mass is 32.2. The molecule has 1 aliphatic rings. The number of hydrogen-bond acceptors (Lipinski definition) is 6. The number of aliphatic imine (C=N–C) groups is 1. The quantitative estimate of drug-likeness (QED) is 0.388. The Hall–Kier alpha value is -2.30. The minimum atomic E-state index is -3.02. The van der Waals surface area contributed by atoms with Gasteiger partial charge in [0.2, 0.25) is 6.79 Å².